The van der Waals surface area contributed by atoms with Crippen LogP contribution in [0.4, 0.5) is 8.78 Å². The molecule has 3 rings (SSSR count). The van der Waals surface area contributed by atoms with Crippen LogP contribution in [0.25, 0.3) is 0 Å². The summed E-state index contributed by atoms with van der Waals surface area (Å²) >= 11 is 0. The molecule has 0 aliphatic carbocycles. The van der Waals surface area contributed by atoms with Gasteiger partial charge in [-0.3, -0.25) is 0 Å². The highest BCUT2D eigenvalue weighted by Crippen LogP contribution is 2.30. The summed E-state index contributed by atoms with van der Waals surface area (Å²) in [6, 6.07) is 15.9. The van der Waals surface area contributed by atoms with Gasteiger partial charge in [0, 0.05) is 0 Å². The molecule has 0 radical (unpaired) electrons. The Morgan fingerprint density at radius 2 is 1.22 bits per heavy atom. The highest BCUT2D eigenvalue weighted by molar-refractivity contribution is 5.88. The number of hydrogen-bond acceptors (Lipinski definition) is 3. The summed E-state index contributed by atoms with van der Waals surface area (Å²) < 4.78 is 37.4. The number of carbonyl (C=O) groups is 1. The van der Waals surface area contributed by atoms with Gasteiger partial charge in [-0.1, -0.05) is 24.3 Å². The average Bonchev–Trinajstić information content (AvgIpc) is 2.67. The van der Waals surface area contributed by atoms with Crippen LogP contribution < -0.4 is 9.47 Å². The monoisotopic (exact) mass is 370 g/mol. The molecule has 0 bridgehead atoms. The van der Waals surface area contributed by atoms with Crippen LogP contribution in [0.5, 0.6) is 11.5 Å². The fraction of sp³-hybridized carbons (Fsp3) is 0.0952. The maximum Gasteiger partial charge on any atom is 0.335 e. The van der Waals surface area contributed by atoms with Gasteiger partial charge in [-0.15, -0.1) is 0 Å². The minimum atomic E-state index is -1.09. The SMILES string of the molecule is O=C(O)c1ccc(OCc2ccc(F)cc2)c(OCc2ccc(F)cc2)c1. The maximum atomic E-state index is 13.0. The quantitative estimate of drug-likeness (QED) is 0.648. The lowest BCUT2D eigenvalue weighted by atomic mass is 10.2. The Labute approximate surface area is 154 Å². The minimum absolute atomic E-state index is 0.0539. The average molecular weight is 370 g/mol. The number of ether oxygens (including phenoxy) is 2. The third-order valence-corrected chi connectivity index (χ3v) is 3.81. The molecule has 4 nitrogen and oxygen atoms in total. The van der Waals surface area contributed by atoms with E-state index in [2.05, 4.69) is 0 Å². The minimum Gasteiger partial charge on any atom is -0.485 e. The summed E-state index contributed by atoms with van der Waals surface area (Å²) in [4.78, 5) is 11.2. The van der Waals surface area contributed by atoms with Crippen LogP contribution in [0.2, 0.25) is 0 Å². The zero-order valence-electron chi connectivity index (χ0n) is 14.2. The molecule has 0 spiro atoms. The van der Waals surface area contributed by atoms with Gasteiger partial charge in [-0.2, -0.15) is 0 Å². The van der Waals surface area contributed by atoms with Crippen LogP contribution in [0.3, 0.4) is 0 Å². The molecule has 0 aliphatic rings. The van der Waals surface area contributed by atoms with Crippen LogP contribution in [-0.2, 0) is 13.2 Å². The Balaban J connectivity index is 1.76. The second kappa shape index (κ2) is 8.31. The zero-order chi connectivity index (χ0) is 19.2. The van der Waals surface area contributed by atoms with Crippen LogP contribution in [0.15, 0.2) is 66.7 Å². The molecule has 0 heterocycles. The van der Waals surface area contributed by atoms with Crippen LogP contribution in [0.1, 0.15) is 21.5 Å². The molecule has 0 fully saturated rings. The topological polar surface area (TPSA) is 55.8 Å². The number of carboxylic acid groups (broad SMARTS) is 1. The van der Waals surface area contributed by atoms with E-state index in [0.29, 0.717) is 5.75 Å². The molecular formula is C21H16F2O4. The molecule has 0 saturated heterocycles. The number of carboxylic acids is 1. The fourth-order valence-corrected chi connectivity index (χ4v) is 2.36. The van der Waals surface area contributed by atoms with E-state index in [4.69, 9.17) is 9.47 Å². The van der Waals surface area contributed by atoms with Crippen molar-refractivity contribution in [2.45, 2.75) is 13.2 Å². The van der Waals surface area contributed by atoms with E-state index in [1.54, 1.807) is 24.3 Å². The predicted molar refractivity (Wildman–Crippen MR) is 94.9 cm³/mol. The van der Waals surface area contributed by atoms with Gasteiger partial charge in [0.25, 0.3) is 0 Å². The lowest BCUT2D eigenvalue weighted by Gasteiger charge is -2.14. The summed E-state index contributed by atoms with van der Waals surface area (Å²) in [7, 11) is 0. The number of hydrogen-bond donors (Lipinski definition) is 1. The standard InChI is InChI=1S/C21H16F2O4/c22-17-6-1-14(2-7-17)12-26-19-10-5-16(21(24)25)11-20(19)27-13-15-3-8-18(23)9-4-15/h1-11H,12-13H2,(H,24,25). The maximum absolute atomic E-state index is 13.0. The molecule has 138 valence electrons. The smallest absolute Gasteiger partial charge is 0.335 e. The highest BCUT2D eigenvalue weighted by Gasteiger charge is 2.12. The zero-order valence-corrected chi connectivity index (χ0v) is 14.2. The lowest BCUT2D eigenvalue weighted by Crippen LogP contribution is -2.03. The molecule has 6 heteroatoms. The van der Waals surface area contributed by atoms with E-state index in [9.17, 15) is 18.7 Å². The largest absolute Gasteiger partial charge is 0.485 e. The lowest BCUT2D eigenvalue weighted by molar-refractivity contribution is 0.0696. The van der Waals surface area contributed by atoms with Gasteiger partial charge in [0.15, 0.2) is 11.5 Å². The molecule has 3 aromatic rings. The van der Waals surface area contributed by atoms with Crippen molar-refractivity contribution in [2.75, 3.05) is 0 Å². The van der Waals surface area contributed by atoms with Gasteiger partial charge >= 0.3 is 5.97 Å². The van der Waals surface area contributed by atoms with Crippen LogP contribution >= 0.6 is 0 Å². The Bertz CT molecular complexity index is 922. The van der Waals surface area contributed by atoms with Gasteiger partial charge in [0.2, 0.25) is 0 Å². The normalized spacial score (nSPS) is 10.4. The summed E-state index contributed by atoms with van der Waals surface area (Å²) in [5, 5.41) is 9.18. The first kappa shape index (κ1) is 18.4. The Morgan fingerprint density at radius 3 is 1.70 bits per heavy atom. The second-order valence-electron chi connectivity index (χ2n) is 5.80. The summed E-state index contributed by atoms with van der Waals surface area (Å²) in [6.07, 6.45) is 0. The first-order valence-corrected chi connectivity index (χ1v) is 8.13. The molecular weight excluding hydrogens is 354 g/mol. The van der Waals surface area contributed by atoms with Gasteiger partial charge in [-0.05, 0) is 53.6 Å². The third kappa shape index (κ3) is 5.04. The fourth-order valence-electron chi connectivity index (χ4n) is 2.36. The predicted octanol–water partition coefficient (Wildman–Crippen LogP) is 4.82. The van der Waals surface area contributed by atoms with E-state index in [1.165, 1.54) is 42.5 Å². The van der Waals surface area contributed by atoms with Crippen molar-refractivity contribution in [3.63, 3.8) is 0 Å². The molecule has 0 saturated carbocycles. The van der Waals surface area contributed by atoms with Gasteiger partial charge in [0.05, 0.1) is 5.56 Å². The number of rotatable bonds is 7. The van der Waals surface area contributed by atoms with Gasteiger partial charge < -0.3 is 14.6 Å². The highest BCUT2D eigenvalue weighted by atomic mass is 19.1. The van der Waals surface area contributed by atoms with Crippen molar-refractivity contribution < 1.29 is 28.2 Å². The molecule has 27 heavy (non-hydrogen) atoms. The number of benzene rings is 3. The van der Waals surface area contributed by atoms with Crippen molar-refractivity contribution in [3.8, 4) is 11.5 Å². The second-order valence-corrected chi connectivity index (χ2v) is 5.80. The van der Waals surface area contributed by atoms with E-state index in [1.807, 2.05) is 0 Å². The summed E-state index contributed by atoms with van der Waals surface area (Å²) in [5.74, 6) is -1.18. The Morgan fingerprint density at radius 1 is 0.741 bits per heavy atom. The van der Waals surface area contributed by atoms with Gasteiger partial charge in [0.1, 0.15) is 24.8 Å². The van der Waals surface area contributed by atoms with Crippen molar-refractivity contribution >= 4 is 5.97 Å². The first-order valence-electron chi connectivity index (χ1n) is 8.13. The Hall–Kier alpha value is -3.41. The summed E-state index contributed by atoms with van der Waals surface area (Å²) in [6.45, 7) is 0.288. The van der Waals surface area contributed by atoms with Crippen LogP contribution in [0, 0.1) is 11.6 Å². The molecule has 0 amide bonds. The first-order chi connectivity index (χ1) is 13.0. The Kier molecular flexibility index (Phi) is 5.66. The van der Waals surface area contributed by atoms with E-state index in [0.717, 1.165) is 11.1 Å². The van der Waals surface area contributed by atoms with E-state index < -0.39 is 5.97 Å². The van der Waals surface area contributed by atoms with E-state index >= 15 is 0 Å². The third-order valence-electron chi connectivity index (χ3n) is 3.81. The molecule has 0 atom stereocenters. The van der Waals surface area contributed by atoms with Crippen molar-refractivity contribution in [3.05, 3.63) is 95.1 Å². The molecule has 1 N–H and O–H groups in total. The molecule has 3 aromatic carbocycles. The molecule has 0 aliphatic heterocycles. The van der Waals surface area contributed by atoms with Gasteiger partial charge in [-0.25, -0.2) is 13.6 Å². The number of aromatic carboxylic acids is 1. The van der Waals surface area contributed by atoms with E-state index in [-0.39, 0.29) is 36.2 Å². The van der Waals surface area contributed by atoms with Crippen molar-refractivity contribution in [1.29, 1.82) is 0 Å². The van der Waals surface area contributed by atoms with Crippen molar-refractivity contribution in [1.82, 2.24) is 0 Å². The number of halogens is 2. The molecule has 0 aromatic heterocycles. The van der Waals surface area contributed by atoms with Crippen molar-refractivity contribution in [2.24, 2.45) is 0 Å². The molecule has 0 unspecified atom stereocenters. The summed E-state index contributed by atoms with van der Waals surface area (Å²) in [5.41, 5.74) is 1.53. The van der Waals surface area contributed by atoms with Crippen LogP contribution in [-0.4, -0.2) is 11.1 Å².